The number of nitrogens with zero attached hydrogens (tertiary/aromatic N) is 2. The summed E-state index contributed by atoms with van der Waals surface area (Å²) in [5.41, 5.74) is 3.57. The van der Waals surface area contributed by atoms with Gasteiger partial charge in [-0.3, -0.25) is 0 Å². The molecule has 0 amide bonds. The highest BCUT2D eigenvalue weighted by Gasteiger charge is 2.08. The van der Waals surface area contributed by atoms with E-state index >= 15 is 0 Å². The van der Waals surface area contributed by atoms with Crippen LogP contribution < -0.4 is 14.8 Å². The Labute approximate surface area is 150 Å². The molecule has 0 aliphatic heterocycles. The van der Waals surface area contributed by atoms with Gasteiger partial charge in [0.05, 0.1) is 24.4 Å². The monoisotopic (exact) mass is 351 g/mol. The number of aryl methyl sites for hydroxylation is 1. The second-order valence-corrected chi connectivity index (χ2v) is 6.26. The van der Waals surface area contributed by atoms with Crippen molar-refractivity contribution in [3.05, 3.63) is 64.7 Å². The molecule has 0 unspecified atom stereocenters. The minimum atomic E-state index is 0.328. The first-order valence-electron chi connectivity index (χ1n) is 7.67. The summed E-state index contributed by atoms with van der Waals surface area (Å²) in [7, 11) is 1.55. The minimum Gasteiger partial charge on any atom is -0.493 e. The molecule has 0 radical (unpaired) electrons. The lowest BCUT2D eigenvalue weighted by Crippen LogP contribution is -1.99. The van der Waals surface area contributed by atoms with Gasteiger partial charge in [0, 0.05) is 17.1 Å². The van der Waals surface area contributed by atoms with Crippen molar-refractivity contribution < 1.29 is 9.47 Å². The number of aromatic nitrogens is 1. The number of methoxy groups -OCH3 is 1. The lowest BCUT2D eigenvalue weighted by Gasteiger charge is -2.09. The van der Waals surface area contributed by atoms with Crippen LogP contribution in [0.25, 0.3) is 0 Å². The second-order valence-electron chi connectivity index (χ2n) is 5.40. The van der Waals surface area contributed by atoms with Crippen molar-refractivity contribution in [3.8, 4) is 17.6 Å². The van der Waals surface area contributed by atoms with Crippen molar-refractivity contribution in [3.63, 3.8) is 0 Å². The lowest BCUT2D eigenvalue weighted by molar-refractivity contribution is 0.281. The topological polar surface area (TPSA) is 67.2 Å². The molecule has 0 aliphatic rings. The van der Waals surface area contributed by atoms with Crippen molar-refractivity contribution in [2.75, 3.05) is 12.4 Å². The maximum Gasteiger partial charge on any atom is 0.187 e. The van der Waals surface area contributed by atoms with E-state index in [1.54, 1.807) is 25.3 Å². The quantitative estimate of drug-likeness (QED) is 0.700. The Morgan fingerprint density at radius 2 is 1.96 bits per heavy atom. The van der Waals surface area contributed by atoms with Crippen LogP contribution in [0.2, 0.25) is 0 Å². The zero-order chi connectivity index (χ0) is 17.6. The van der Waals surface area contributed by atoms with E-state index < -0.39 is 0 Å². The van der Waals surface area contributed by atoms with Crippen LogP contribution in [0, 0.1) is 18.3 Å². The smallest absolute Gasteiger partial charge is 0.187 e. The number of ether oxygens (including phenoxy) is 2. The van der Waals surface area contributed by atoms with Crippen LogP contribution in [0.5, 0.6) is 11.5 Å². The molecule has 0 saturated carbocycles. The average Bonchev–Trinajstić information content (AvgIpc) is 3.09. The number of nitriles is 1. The molecule has 6 heteroatoms. The highest BCUT2D eigenvalue weighted by Crippen LogP contribution is 2.29. The second kappa shape index (κ2) is 7.69. The average molecular weight is 351 g/mol. The third-order valence-electron chi connectivity index (χ3n) is 3.52. The van der Waals surface area contributed by atoms with Gasteiger partial charge in [-0.05, 0) is 31.2 Å². The van der Waals surface area contributed by atoms with E-state index in [-0.39, 0.29) is 0 Å². The maximum atomic E-state index is 8.93. The molecule has 5 nitrogen and oxygen atoms in total. The minimum absolute atomic E-state index is 0.328. The number of hydrogen-bond acceptors (Lipinski definition) is 6. The highest BCUT2D eigenvalue weighted by atomic mass is 32.1. The van der Waals surface area contributed by atoms with Crippen LogP contribution in [0.1, 0.15) is 16.8 Å². The Bertz CT molecular complexity index is 898. The van der Waals surface area contributed by atoms with E-state index in [1.807, 2.05) is 17.5 Å². The molecule has 0 bridgehead atoms. The summed E-state index contributed by atoms with van der Waals surface area (Å²) in [5, 5.41) is 15.0. The van der Waals surface area contributed by atoms with Crippen molar-refractivity contribution in [2.45, 2.75) is 13.5 Å². The zero-order valence-corrected chi connectivity index (χ0v) is 14.8. The molecule has 0 spiro atoms. The van der Waals surface area contributed by atoms with Crippen LogP contribution in [0.4, 0.5) is 10.8 Å². The maximum absolute atomic E-state index is 8.93. The largest absolute Gasteiger partial charge is 0.493 e. The molecule has 126 valence electrons. The van der Waals surface area contributed by atoms with Crippen LogP contribution in [0.15, 0.2) is 47.8 Å². The molecule has 1 aromatic heterocycles. The summed E-state index contributed by atoms with van der Waals surface area (Å²) >= 11 is 1.52. The SMILES string of the molecule is COc1cc(C#N)ccc1OCc1csc(Nc2ccc(C)cc2)n1. The first kappa shape index (κ1) is 16.8. The summed E-state index contributed by atoms with van der Waals surface area (Å²) in [6.45, 7) is 2.38. The molecule has 1 heterocycles. The number of anilines is 2. The van der Waals surface area contributed by atoms with Gasteiger partial charge in [-0.15, -0.1) is 11.3 Å². The summed E-state index contributed by atoms with van der Waals surface area (Å²) in [4.78, 5) is 4.52. The van der Waals surface area contributed by atoms with E-state index in [2.05, 4.69) is 35.4 Å². The molecule has 0 aliphatic carbocycles. The van der Waals surface area contributed by atoms with Gasteiger partial charge in [0.2, 0.25) is 0 Å². The third kappa shape index (κ3) is 4.28. The van der Waals surface area contributed by atoms with Crippen molar-refractivity contribution in [1.82, 2.24) is 4.98 Å². The number of rotatable bonds is 6. The fraction of sp³-hybridized carbons (Fsp3) is 0.158. The molecule has 0 saturated heterocycles. The normalized spacial score (nSPS) is 10.1. The lowest BCUT2D eigenvalue weighted by atomic mass is 10.2. The fourth-order valence-corrected chi connectivity index (χ4v) is 2.91. The van der Waals surface area contributed by atoms with Gasteiger partial charge < -0.3 is 14.8 Å². The van der Waals surface area contributed by atoms with Crippen LogP contribution in [0.3, 0.4) is 0 Å². The van der Waals surface area contributed by atoms with Gasteiger partial charge in [0.1, 0.15) is 6.61 Å². The van der Waals surface area contributed by atoms with Crippen LogP contribution in [-0.2, 0) is 6.61 Å². The summed E-state index contributed by atoms with van der Waals surface area (Å²) in [6.07, 6.45) is 0. The number of hydrogen-bond donors (Lipinski definition) is 1. The van der Waals surface area contributed by atoms with E-state index in [9.17, 15) is 0 Å². The van der Waals surface area contributed by atoms with Crippen molar-refractivity contribution in [2.24, 2.45) is 0 Å². The Hall–Kier alpha value is -3.04. The molecule has 1 N–H and O–H groups in total. The predicted molar refractivity (Wildman–Crippen MR) is 98.6 cm³/mol. The molecular weight excluding hydrogens is 334 g/mol. The van der Waals surface area contributed by atoms with Gasteiger partial charge in [-0.2, -0.15) is 5.26 Å². The first-order valence-corrected chi connectivity index (χ1v) is 8.55. The van der Waals surface area contributed by atoms with E-state index in [1.165, 1.54) is 16.9 Å². The first-order chi connectivity index (χ1) is 12.2. The highest BCUT2D eigenvalue weighted by molar-refractivity contribution is 7.13. The summed E-state index contributed by atoms with van der Waals surface area (Å²) in [6, 6.07) is 15.3. The van der Waals surface area contributed by atoms with Gasteiger partial charge in [-0.25, -0.2) is 4.98 Å². The van der Waals surface area contributed by atoms with Gasteiger partial charge >= 0.3 is 0 Å². The molecular formula is C19H17N3O2S. The Balaban J connectivity index is 1.64. The molecule has 0 fully saturated rings. The number of nitrogens with one attached hydrogen (secondary N) is 1. The summed E-state index contributed by atoms with van der Waals surface area (Å²) < 4.78 is 11.0. The Morgan fingerprint density at radius 3 is 2.68 bits per heavy atom. The van der Waals surface area contributed by atoms with E-state index in [4.69, 9.17) is 14.7 Å². The molecule has 0 atom stereocenters. The molecule has 2 aromatic carbocycles. The standard InChI is InChI=1S/C19H17N3O2S/c1-13-3-6-15(7-4-13)21-19-22-16(12-25-19)11-24-17-8-5-14(10-20)9-18(17)23-2/h3-9,12H,11H2,1-2H3,(H,21,22). The fourth-order valence-electron chi connectivity index (χ4n) is 2.20. The zero-order valence-electron chi connectivity index (χ0n) is 13.9. The van der Waals surface area contributed by atoms with Crippen molar-refractivity contribution in [1.29, 1.82) is 5.26 Å². The van der Waals surface area contributed by atoms with Crippen molar-refractivity contribution >= 4 is 22.2 Å². The summed E-state index contributed by atoms with van der Waals surface area (Å²) in [5.74, 6) is 1.12. The Morgan fingerprint density at radius 1 is 1.16 bits per heavy atom. The van der Waals surface area contributed by atoms with Gasteiger partial charge in [0.25, 0.3) is 0 Å². The van der Waals surface area contributed by atoms with Gasteiger partial charge in [-0.1, -0.05) is 17.7 Å². The Kier molecular flexibility index (Phi) is 5.17. The van der Waals surface area contributed by atoms with E-state index in [0.717, 1.165) is 16.5 Å². The molecule has 3 aromatic rings. The number of thiazole rings is 1. The molecule has 3 rings (SSSR count). The van der Waals surface area contributed by atoms with E-state index in [0.29, 0.717) is 23.7 Å². The van der Waals surface area contributed by atoms with Gasteiger partial charge in [0.15, 0.2) is 16.6 Å². The third-order valence-corrected chi connectivity index (χ3v) is 4.33. The number of benzene rings is 2. The predicted octanol–water partition coefficient (Wildman–Crippen LogP) is 4.65. The van der Waals surface area contributed by atoms with Crippen LogP contribution >= 0.6 is 11.3 Å². The molecule has 25 heavy (non-hydrogen) atoms. The van der Waals surface area contributed by atoms with Crippen LogP contribution in [-0.4, -0.2) is 12.1 Å².